The Hall–Kier alpha value is -2.28. The van der Waals surface area contributed by atoms with Crippen molar-refractivity contribution in [2.24, 2.45) is 5.73 Å². The topological polar surface area (TPSA) is 59.5 Å². The van der Waals surface area contributed by atoms with Crippen LogP contribution in [0.2, 0.25) is 0 Å². The van der Waals surface area contributed by atoms with Gasteiger partial charge >= 0.3 is 0 Å². The lowest BCUT2D eigenvalue weighted by molar-refractivity contribution is 0.143. The molecule has 1 aromatic carbocycles. The molecule has 1 saturated heterocycles. The van der Waals surface area contributed by atoms with Crippen LogP contribution in [0.15, 0.2) is 47.4 Å². The SMILES string of the molecule is NC1CN(Cc2cc3nncn3c3cc(-c4ccsc4)ccc23)C1. The van der Waals surface area contributed by atoms with E-state index in [-0.39, 0.29) is 0 Å². The first-order valence-corrected chi connectivity index (χ1v) is 8.98. The Labute approximate surface area is 143 Å². The fourth-order valence-corrected chi connectivity index (χ4v) is 4.15. The van der Waals surface area contributed by atoms with Crippen LogP contribution in [-0.2, 0) is 6.54 Å². The van der Waals surface area contributed by atoms with E-state index in [2.05, 4.69) is 60.6 Å². The number of pyridine rings is 1. The Morgan fingerprint density at radius 3 is 2.88 bits per heavy atom. The molecular weight excluding hydrogens is 318 g/mol. The highest BCUT2D eigenvalue weighted by Gasteiger charge is 2.23. The van der Waals surface area contributed by atoms with E-state index in [1.54, 1.807) is 17.7 Å². The molecule has 0 atom stereocenters. The van der Waals surface area contributed by atoms with Crippen molar-refractivity contribution in [1.29, 1.82) is 0 Å². The smallest absolute Gasteiger partial charge is 0.161 e. The molecule has 120 valence electrons. The molecule has 4 heterocycles. The molecule has 1 aliphatic heterocycles. The standard InChI is InChI=1S/C18H17N5S/c19-15-8-22(9-15)7-14-6-18-21-20-11-23(18)17-5-12(1-2-16(14)17)13-3-4-24-10-13/h1-6,10-11,15H,7-9,19H2. The van der Waals surface area contributed by atoms with Crippen molar-refractivity contribution in [2.45, 2.75) is 12.6 Å². The lowest BCUT2D eigenvalue weighted by Gasteiger charge is -2.37. The zero-order chi connectivity index (χ0) is 16.1. The Morgan fingerprint density at radius 2 is 2.08 bits per heavy atom. The van der Waals surface area contributed by atoms with Crippen molar-refractivity contribution in [3.05, 3.63) is 53.0 Å². The second kappa shape index (κ2) is 5.37. The third-order valence-electron chi connectivity index (χ3n) is 4.71. The molecule has 3 aromatic heterocycles. The highest BCUT2D eigenvalue weighted by Crippen LogP contribution is 2.29. The van der Waals surface area contributed by atoms with Crippen LogP contribution in [-0.4, -0.2) is 38.6 Å². The average Bonchev–Trinajstić information content (AvgIpc) is 3.24. The van der Waals surface area contributed by atoms with E-state index in [1.807, 2.05) is 0 Å². The number of fused-ring (bicyclic) bond motifs is 3. The lowest BCUT2D eigenvalue weighted by atomic mass is 10.0. The van der Waals surface area contributed by atoms with E-state index >= 15 is 0 Å². The van der Waals surface area contributed by atoms with Gasteiger partial charge < -0.3 is 5.73 Å². The summed E-state index contributed by atoms with van der Waals surface area (Å²) in [6, 6.07) is 11.3. The van der Waals surface area contributed by atoms with Gasteiger partial charge in [0.05, 0.1) is 5.52 Å². The summed E-state index contributed by atoms with van der Waals surface area (Å²) in [7, 11) is 0. The van der Waals surface area contributed by atoms with Crippen LogP contribution in [0, 0.1) is 0 Å². The number of hydrogen-bond donors (Lipinski definition) is 1. The van der Waals surface area contributed by atoms with Crippen molar-refractivity contribution in [3.8, 4) is 11.1 Å². The molecule has 0 radical (unpaired) electrons. The molecule has 2 N–H and O–H groups in total. The summed E-state index contributed by atoms with van der Waals surface area (Å²) < 4.78 is 2.07. The summed E-state index contributed by atoms with van der Waals surface area (Å²) in [5.41, 5.74) is 11.7. The average molecular weight is 335 g/mol. The molecule has 0 amide bonds. The molecular formula is C18H17N5S. The predicted octanol–water partition coefficient (Wildman–Crippen LogP) is 2.75. The molecule has 0 saturated carbocycles. The number of thiophene rings is 1. The van der Waals surface area contributed by atoms with Crippen molar-refractivity contribution >= 4 is 27.9 Å². The maximum absolute atomic E-state index is 5.92. The van der Waals surface area contributed by atoms with Crippen LogP contribution in [0.1, 0.15) is 5.56 Å². The summed E-state index contributed by atoms with van der Waals surface area (Å²) in [5, 5.41) is 13.9. The zero-order valence-electron chi connectivity index (χ0n) is 13.1. The molecule has 1 aliphatic rings. The minimum Gasteiger partial charge on any atom is -0.325 e. The molecule has 0 spiro atoms. The minimum absolute atomic E-state index is 0.318. The molecule has 0 aliphatic carbocycles. The number of hydrogen-bond acceptors (Lipinski definition) is 5. The van der Waals surface area contributed by atoms with Crippen LogP contribution >= 0.6 is 11.3 Å². The maximum Gasteiger partial charge on any atom is 0.161 e. The van der Waals surface area contributed by atoms with E-state index < -0.39 is 0 Å². The van der Waals surface area contributed by atoms with Crippen molar-refractivity contribution in [3.63, 3.8) is 0 Å². The first-order valence-electron chi connectivity index (χ1n) is 8.04. The second-order valence-corrected chi connectivity index (χ2v) is 7.21. The largest absolute Gasteiger partial charge is 0.325 e. The van der Waals surface area contributed by atoms with Gasteiger partial charge in [-0.3, -0.25) is 9.30 Å². The number of nitrogens with two attached hydrogens (primary N) is 1. The number of benzene rings is 1. The van der Waals surface area contributed by atoms with E-state index in [1.165, 1.54) is 22.1 Å². The highest BCUT2D eigenvalue weighted by atomic mass is 32.1. The number of rotatable bonds is 3. The minimum atomic E-state index is 0.318. The summed E-state index contributed by atoms with van der Waals surface area (Å²) >= 11 is 1.72. The van der Waals surface area contributed by atoms with Crippen LogP contribution in [0.3, 0.4) is 0 Å². The third kappa shape index (κ3) is 2.23. The van der Waals surface area contributed by atoms with E-state index in [9.17, 15) is 0 Å². The summed E-state index contributed by atoms with van der Waals surface area (Å²) in [6.45, 7) is 2.84. The maximum atomic E-state index is 5.92. The second-order valence-electron chi connectivity index (χ2n) is 6.43. The van der Waals surface area contributed by atoms with Crippen LogP contribution in [0.25, 0.3) is 27.7 Å². The number of aromatic nitrogens is 3. The van der Waals surface area contributed by atoms with Crippen molar-refractivity contribution in [2.75, 3.05) is 13.1 Å². The first-order chi connectivity index (χ1) is 11.8. The van der Waals surface area contributed by atoms with Crippen LogP contribution in [0.4, 0.5) is 0 Å². The van der Waals surface area contributed by atoms with Crippen molar-refractivity contribution in [1.82, 2.24) is 19.5 Å². The monoisotopic (exact) mass is 335 g/mol. The number of likely N-dealkylation sites (tertiary alicyclic amines) is 1. The molecule has 1 fully saturated rings. The Bertz CT molecular complexity index is 1010. The summed E-state index contributed by atoms with van der Waals surface area (Å²) in [5.74, 6) is 0. The third-order valence-corrected chi connectivity index (χ3v) is 5.40. The molecule has 24 heavy (non-hydrogen) atoms. The van der Waals surface area contributed by atoms with E-state index in [0.29, 0.717) is 6.04 Å². The van der Waals surface area contributed by atoms with Gasteiger partial charge in [-0.2, -0.15) is 11.3 Å². The van der Waals surface area contributed by atoms with Gasteiger partial charge in [-0.15, -0.1) is 10.2 Å². The van der Waals surface area contributed by atoms with E-state index in [0.717, 1.165) is 30.8 Å². The van der Waals surface area contributed by atoms with Gasteiger partial charge in [0.1, 0.15) is 6.33 Å². The van der Waals surface area contributed by atoms with Crippen LogP contribution in [0.5, 0.6) is 0 Å². The Morgan fingerprint density at radius 1 is 1.17 bits per heavy atom. The summed E-state index contributed by atoms with van der Waals surface area (Å²) in [4.78, 5) is 2.37. The van der Waals surface area contributed by atoms with Crippen molar-refractivity contribution < 1.29 is 0 Å². The number of nitrogens with zero attached hydrogens (tertiary/aromatic N) is 4. The fraction of sp³-hybridized carbons (Fsp3) is 0.222. The van der Waals surface area contributed by atoms with Gasteiger partial charge in [-0.05, 0) is 45.6 Å². The van der Waals surface area contributed by atoms with Gasteiger partial charge in [0.25, 0.3) is 0 Å². The normalized spacial score (nSPS) is 16.0. The predicted molar refractivity (Wildman–Crippen MR) is 97.1 cm³/mol. The van der Waals surface area contributed by atoms with Gasteiger partial charge in [0.15, 0.2) is 5.65 Å². The van der Waals surface area contributed by atoms with Gasteiger partial charge in [-0.1, -0.05) is 12.1 Å². The summed E-state index contributed by atoms with van der Waals surface area (Å²) in [6.07, 6.45) is 1.79. The molecule has 6 heteroatoms. The molecule has 4 aromatic rings. The zero-order valence-corrected chi connectivity index (χ0v) is 13.9. The molecule has 5 rings (SSSR count). The molecule has 5 nitrogen and oxygen atoms in total. The molecule has 0 bridgehead atoms. The lowest BCUT2D eigenvalue weighted by Crippen LogP contribution is -2.54. The fourth-order valence-electron chi connectivity index (χ4n) is 3.48. The molecule has 0 unspecified atom stereocenters. The van der Waals surface area contributed by atoms with Gasteiger partial charge in [0, 0.05) is 31.1 Å². The van der Waals surface area contributed by atoms with Gasteiger partial charge in [-0.25, -0.2) is 0 Å². The van der Waals surface area contributed by atoms with Gasteiger partial charge in [0.2, 0.25) is 0 Å². The first kappa shape index (κ1) is 14.1. The van der Waals surface area contributed by atoms with Crippen LogP contribution < -0.4 is 5.73 Å². The Kier molecular flexibility index (Phi) is 3.16. The Balaban J connectivity index is 1.68. The highest BCUT2D eigenvalue weighted by molar-refractivity contribution is 7.08. The quantitative estimate of drug-likeness (QED) is 0.625. The van der Waals surface area contributed by atoms with E-state index in [4.69, 9.17) is 5.73 Å².